The van der Waals surface area contributed by atoms with Crippen molar-refractivity contribution in [2.24, 2.45) is 0 Å². The zero-order valence-electron chi connectivity index (χ0n) is 18.8. The number of aromatic nitrogens is 4. The van der Waals surface area contributed by atoms with Gasteiger partial charge in [-0.25, -0.2) is 9.48 Å². The molecular weight excluding hydrogens is 444 g/mol. The van der Waals surface area contributed by atoms with E-state index in [1.54, 1.807) is 50.4 Å². The number of hydrogen-bond donors (Lipinski definition) is 2. The zero-order chi connectivity index (χ0) is 24.5. The second kappa shape index (κ2) is 11.4. The molecule has 1 aromatic heterocycles. The molecule has 2 N–H and O–H groups in total. The molecule has 1 heterocycles. The van der Waals surface area contributed by atoms with E-state index in [0.717, 1.165) is 0 Å². The number of rotatable bonds is 10. The van der Waals surface area contributed by atoms with Crippen LogP contribution in [0, 0.1) is 0 Å². The lowest BCUT2D eigenvalue weighted by molar-refractivity contribution is -0.125. The average Bonchev–Trinajstić information content (AvgIpc) is 3.35. The second-order valence-electron chi connectivity index (χ2n) is 7.07. The molecule has 12 heteroatoms. The molecule has 1 unspecified atom stereocenters. The number of esters is 1. The van der Waals surface area contributed by atoms with Gasteiger partial charge in [0.1, 0.15) is 24.4 Å². The highest BCUT2D eigenvalue weighted by atomic mass is 16.5. The summed E-state index contributed by atoms with van der Waals surface area (Å²) < 4.78 is 17.0. The number of carbonyl (C=O) groups excluding carboxylic acids is 3. The van der Waals surface area contributed by atoms with Crippen molar-refractivity contribution in [3.8, 4) is 11.5 Å². The van der Waals surface area contributed by atoms with E-state index in [4.69, 9.17) is 14.2 Å². The number of para-hydroxylation sites is 1. The molecule has 0 aliphatic carbocycles. The van der Waals surface area contributed by atoms with Crippen LogP contribution in [0.5, 0.6) is 11.5 Å². The average molecular weight is 468 g/mol. The smallest absolute Gasteiger partial charge is 0.340 e. The summed E-state index contributed by atoms with van der Waals surface area (Å²) in [6.45, 7) is 1.12. The highest BCUT2D eigenvalue weighted by Gasteiger charge is 2.19. The molecule has 1 atom stereocenters. The third-order valence-electron chi connectivity index (χ3n) is 4.73. The first-order valence-corrected chi connectivity index (χ1v) is 10.2. The molecule has 0 aliphatic rings. The topological polar surface area (TPSA) is 147 Å². The van der Waals surface area contributed by atoms with Crippen molar-refractivity contribution in [2.45, 2.75) is 19.5 Å². The van der Waals surface area contributed by atoms with Crippen molar-refractivity contribution in [1.82, 2.24) is 25.5 Å². The van der Waals surface area contributed by atoms with Crippen LogP contribution in [-0.4, -0.2) is 58.8 Å². The number of hydrogen-bond acceptors (Lipinski definition) is 9. The first kappa shape index (κ1) is 24.2. The lowest BCUT2D eigenvalue weighted by atomic mass is 10.1. The van der Waals surface area contributed by atoms with Crippen LogP contribution in [0.1, 0.15) is 28.9 Å². The molecule has 3 aromatic rings. The van der Waals surface area contributed by atoms with Gasteiger partial charge in [0.05, 0.1) is 31.5 Å². The summed E-state index contributed by atoms with van der Waals surface area (Å²) in [6, 6.07) is 11.1. The number of anilines is 1. The molecule has 0 bridgehead atoms. The molecule has 12 nitrogen and oxygen atoms in total. The van der Waals surface area contributed by atoms with Gasteiger partial charge in [0, 0.05) is 5.56 Å². The fourth-order valence-electron chi connectivity index (χ4n) is 3.11. The predicted octanol–water partition coefficient (Wildman–Crippen LogP) is 1.36. The van der Waals surface area contributed by atoms with Crippen molar-refractivity contribution in [3.05, 3.63) is 59.9 Å². The first-order valence-electron chi connectivity index (χ1n) is 10.2. The minimum atomic E-state index is -0.764. The fourth-order valence-corrected chi connectivity index (χ4v) is 3.11. The van der Waals surface area contributed by atoms with Gasteiger partial charge in [0.2, 0.25) is 5.91 Å². The Balaban J connectivity index is 1.58. The molecule has 34 heavy (non-hydrogen) atoms. The van der Waals surface area contributed by atoms with Crippen LogP contribution < -0.4 is 20.1 Å². The number of carbonyl (C=O) groups is 3. The van der Waals surface area contributed by atoms with Gasteiger partial charge in [-0.05, 0) is 47.7 Å². The molecule has 0 radical (unpaired) electrons. The van der Waals surface area contributed by atoms with Crippen molar-refractivity contribution in [3.63, 3.8) is 0 Å². The Bertz CT molecular complexity index is 1150. The van der Waals surface area contributed by atoms with Gasteiger partial charge in [0.25, 0.3) is 5.91 Å². The molecule has 2 aromatic carbocycles. The highest BCUT2D eigenvalue weighted by molar-refractivity contribution is 6.01. The van der Waals surface area contributed by atoms with Crippen LogP contribution in [-0.2, 0) is 20.9 Å². The van der Waals surface area contributed by atoms with Crippen LogP contribution in [0.25, 0.3) is 0 Å². The van der Waals surface area contributed by atoms with E-state index in [9.17, 15) is 14.4 Å². The van der Waals surface area contributed by atoms with Crippen molar-refractivity contribution in [2.75, 3.05) is 26.1 Å². The lowest BCUT2D eigenvalue weighted by Crippen LogP contribution is -2.31. The number of nitrogens with one attached hydrogen (secondary N) is 2. The minimum Gasteiger partial charge on any atom is -0.497 e. The van der Waals surface area contributed by atoms with E-state index in [2.05, 4.69) is 26.2 Å². The molecular formula is C22H24N6O6. The summed E-state index contributed by atoms with van der Waals surface area (Å²) in [5, 5.41) is 15.9. The Morgan fingerprint density at radius 2 is 1.85 bits per heavy atom. The van der Waals surface area contributed by atoms with E-state index in [1.165, 1.54) is 24.2 Å². The van der Waals surface area contributed by atoms with Gasteiger partial charge >= 0.3 is 5.97 Å². The number of amides is 2. The number of ether oxygens (including phenoxy) is 3. The minimum absolute atomic E-state index is 0.0999. The predicted molar refractivity (Wildman–Crippen MR) is 119 cm³/mol. The standard InChI is InChI=1S/C22H24N6O6/c1-14(17-10-15(32-2)8-9-19(17)33-3)24-21(30)12-34-22(31)16-6-4-5-7-18(16)25-20(29)11-28-13-23-26-27-28/h4-10,13-14H,11-12H2,1-3H3,(H,24,30)(H,25,29). The maximum atomic E-state index is 12.6. The van der Waals surface area contributed by atoms with Gasteiger partial charge < -0.3 is 24.8 Å². The zero-order valence-corrected chi connectivity index (χ0v) is 18.8. The van der Waals surface area contributed by atoms with E-state index < -0.39 is 30.4 Å². The van der Waals surface area contributed by atoms with E-state index in [1.807, 2.05) is 0 Å². The van der Waals surface area contributed by atoms with Crippen molar-refractivity contribution >= 4 is 23.5 Å². The first-order chi connectivity index (χ1) is 16.4. The summed E-state index contributed by atoms with van der Waals surface area (Å²) in [6.07, 6.45) is 1.29. The van der Waals surface area contributed by atoms with Crippen LogP contribution in [0.2, 0.25) is 0 Å². The normalized spacial score (nSPS) is 11.3. The van der Waals surface area contributed by atoms with Crippen LogP contribution in [0.4, 0.5) is 5.69 Å². The quantitative estimate of drug-likeness (QED) is 0.421. The third kappa shape index (κ3) is 6.28. The van der Waals surface area contributed by atoms with Crippen LogP contribution in [0.3, 0.4) is 0 Å². The van der Waals surface area contributed by atoms with Crippen LogP contribution in [0.15, 0.2) is 48.8 Å². The van der Waals surface area contributed by atoms with Gasteiger partial charge in [-0.3, -0.25) is 9.59 Å². The Morgan fingerprint density at radius 1 is 1.06 bits per heavy atom. The number of tetrazole rings is 1. The molecule has 0 aliphatic heterocycles. The monoisotopic (exact) mass is 468 g/mol. The maximum absolute atomic E-state index is 12.6. The summed E-state index contributed by atoms with van der Waals surface area (Å²) in [5.41, 5.74) is 1.04. The summed E-state index contributed by atoms with van der Waals surface area (Å²) in [4.78, 5) is 37.2. The number of benzene rings is 2. The largest absolute Gasteiger partial charge is 0.497 e. The molecule has 0 spiro atoms. The Hall–Kier alpha value is -4.48. The summed E-state index contributed by atoms with van der Waals surface area (Å²) >= 11 is 0. The Labute approximate surface area is 195 Å². The van der Waals surface area contributed by atoms with E-state index in [-0.39, 0.29) is 17.8 Å². The van der Waals surface area contributed by atoms with E-state index in [0.29, 0.717) is 17.1 Å². The molecule has 0 saturated heterocycles. The van der Waals surface area contributed by atoms with Crippen LogP contribution >= 0.6 is 0 Å². The second-order valence-corrected chi connectivity index (χ2v) is 7.07. The Kier molecular flexibility index (Phi) is 8.11. The van der Waals surface area contributed by atoms with Gasteiger partial charge in [0.15, 0.2) is 6.61 Å². The summed E-state index contributed by atoms with van der Waals surface area (Å²) in [7, 11) is 3.07. The van der Waals surface area contributed by atoms with Gasteiger partial charge in [-0.1, -0.05) is 12.1 Å². The maximum Gasteiger partial charge on any atom is 0.340 e. The molecule has 2 amide bonds. The van der Waals surface area contributed by atoms with Gasteiger partial charge in [-0.15, -0.1) is 5.10 Å². The fraction of sp³-hybridized carbons (Fsp3) is 0.273. The number of nitrogens with zero attached hydrogens (tertiary/aromatic N) is 4. The van der Waals surface area contributed by atoms with Crippen molar-refractivity contribution < 1.29 is 28.6 Å². The highest BCUT2D eigenvalue weighted by Crippen LogP contribution is 2.29. The van der Waals surface area contributed by atoms with Crippen molar-refractivity contribution in [1.29, 1.82) is 0 Å². The molecule has 0 fully saturated rings. The van der Waals surface area contributed by atoms with E-state index >= 15 is 0 Å². The molecule has 3 rings (SSSR count). The third-order valence-corrected chi connectivity index (χ3v) is 4.73. The molecule has 178 valence electrons. The SMILES string of the molecule is COc1ccc(OC)c(C(C)NC(=O)COC(=O)c2ccccc2NC(=O)Cn2cnnn2)c1. The molecule has 0 saturated carbocycles. The number of methoxy groups -OCH3 is 2. The van der Waals surface area contributed by atoms with Gasteiger partial charge in [-0.2, -0.15) is 0 Å². The summed E-state index contributed by atoms with van der Waals surface area (Å²) in [5.74, 6) is -0.517. The Morgan fingerprint density at radius 3 is 2.56 bits per heavy atom. The lowest BCUT2D eigenvalue weighted by Gasteiger charge is -2.18.